The van der Waals surface area contributed by atoms with Crippen molar-refractivity contribution >= 4 is 49.0 Å². The van der Waals surface area contributed by atoms with Crippen molar-refractivity contribution in [2.24, 2.45) is 0 Å². The summed E-state index contributed by atoms with van der Waals surface area (Å²) in [5, 5.41) is 4.98. The van der Waals surface area contributed by atoms with E-state index < -0.39 is 0 Å². The molecule has 0 saturated carbocycles. The average Bonchev–Trinajstić information content (AvgIpc) is 3.80. The second-order valence-corrected chi connectivity index (χ2v) is 14.4. The van der Waals surface area contributed by atoms with Crippen molar-refractivity contribution in [3.05, 3.63) is 173 Å². The lowest BCUT2D eigenvalue weighted by Gasteiger charge is -2.21. The van der Waals surface area contributed by atoms with Gasteiger partial charge in [0, 0.05) is 38.2 Å². The molecule has 4 nitrogen and oxygen atoms in total. The third-order valence-electron chi connectivity index (χ3n) is 11.2. The molecule has 1 aliphatic carbocycles. The van der Waals surface area contributed by atoms with E-state index in [0.717, 1.165) is 77.2 Å². The first kappa shape index (κ1) is 28.3. The highest BCUT2D eigenvalue weighted by Crippen LogP contribution is 2.51. The summed E-state index contributed by atoms with van der Waals surface area (Å²) in [5.74, 6) is 0.899. The number of fused-ring (bicyclic) bond motifs is 9. The van der Waals surface area contributed by atoms with Crippen LogP contribution in [0.2, 0.25) is 0 Å². The van der Waals surface area contributed by atoms with Gasteiger partial charge in [-0.25, -0.2) is 4.98 Å². The van der Waals surface area contributed by atoms with Crippen LogP contribution in [0.4, 0.5) is 0 Å². The fourth-order valence-corrected chi connectivity index (χ4v) is 8.84. The van der Waals surface area contributed by atoms with Crippen LogP contribution in [-0.4, -0.2) is 14.0 Å². The van der Waals surface area contributed by atoms with E-state index in [0.29, 0.717) is 0 Å². The lowest BCUT2D eigenvalue weighted by molar-refractivity contribution is 0.661. The summed E-state index contributed by atoms with van der Waals surface area (Å²) in [6, 6.07) is 53.4. The zero-order valence-corrected chi connectivity index (χ0v) is 28.2. The summed E-state index contributed by atoms with van der Waals surface area (Å²) >= 11 is 0. The quantitative estimate of drug-likeness (QED) is 0.178. The lowest BCUT2D eigenvalue weighted by atomic mass is 9.82. The van der Waals surface area contributed by atoms with Crippen LogP contribution in [0.1, 0.15) is 25.0 Å². The van der Waals surface area contributed by atoms with Crippen molar-refractivity contribution in [1.82, 2.24) is 14.0 Å². The van der Waals surface area contributed by atoms with Gasteiger partial charge < -0.3 is 0 Å². The maximum atomic E-state index is 14.4. The van der Waals surface area contributed by atoms with Crippen molar-refractivity contribution in [3.63, 3.8) is 0 Å². The van der Waals surface area contributed by atoms with Gasteiger partial charge in [0.2, 0.25) is 0 Å². The minimum absolute atomic E-state index is 0.0286. The van der Waals surface area contributed by atoms with Gasteiger partial charge in [-0.15, -0.1) is 0 Å². The largest absolute Gasteiger partial charge is 0.292 e. The number of nitrogens with zero attached hydrogens (tertiary/aromatic N) is 3. The third kappa shape index (κ3) is 3.79. The predicted molar refractivity (Wildman–Crippen MR) is 210 cm³/mol. The van der Waals surface area contributed by atoms with Crippen molar-refractivity contribution in [1.29, 1.82) is 0 Å². The van der Waals surface area contributed by atoms with Crippen LogP contribution in [0.5, 0.6) is 0 Å². The maximum Gasteiger partial charge on any atom is 0.263 e. The fourth-order valence-electron chi connectivity index (χ4n) is 8.84. The highest BCUT2D eigenvalue weighted by molar-refractivity contribution is 6.22. The number of hydrogen-bond acceptors (Lipinski definition) is 2. The van der Waals surface area contributed by atoms with Crippen LogP contribution in [0.25, 0.3) is 88.3 Å². The van der Waals surface area contributed by atoms with E-state index >= 15 is 0 Å². The number of aromatic nitrogens is 3. The second kappa shape index (κ2) is 10.0. The molecule has 3 heterocycles. The number of hydrogen-bond donors (Lipinski definition) is 0. The molecule has 0 bridgehead atoms. The van der Waals surface area contributed by atoms with E-state index in [9.17, 15) is 4.79 Å². The topological polar surface area (TPSA) is 39.3 Å². The van der Waals surface area contributed by atoms with Crippen molar-refractivity contribution in [3.8, 4) is 39.3 Å². The average molecular weight is 654 g/mol. The minimum Gasteiger partial charge on any atom is -0.292 e. The molecule has 4 heteroatoms. The molecule has 0 atom stereocenters. The fraction of sp³-hybridized carbons (Fsp3) is 0.0638. The zero-order chi connectivity index (χ0) is 34.0. The second-order valence-electron chi connectivity index (χ2n) is 14.4. The monoisotopic (exact) mass is 653 g/mol. The maximum absolute atomic E-state index is 14.4. The first-order valence-electron chi connectivity index (χ1n) is 17.5. The molecule has 3 aromatic heterocycles. The number of rotatable bonds is 3. The number of para-hydroxylation sites is 3. The van der Waals surface area contributed by atoms with Crippen LogP contribution in [0.15, 0.2) is 156 Å². The molecule has 51 heavy (non-hydrogen) atoms. The summed E-state index contributed by atoms with van der Waals surface area (Å²) < 4.78 is 4.22. The summed E-state index contributed by atoms with van der Waals surface area (Å²) in [6.45, 7) is 4.59. The van der Waals surface area contributed by atoms with E-state index in [2.05, 4.69) is 140 Å². The van der Waals surface area contributed by atoms with E-state index in [-0.39, 0.29) is 11.0 Å². The molecule has 240 valence electrons. The van der Waals surface area contributed by atoms with Gasteiger partial charge in [-0.3, -0.25) is 13.8 Å². The van der Waals surface area contributed by atoms with E-state index in [1.54, 1.807) is 0 Å². The Morgan fingerprint density at radius 1 is 0.510 bits per heavy atom. The molecule has 0 aliphatic heterocycles. The van der Waals surface area contributed by atoms with Crippen molar-refractivity contribution < 1.29 is 0 Å². The standard InChI is InChI=1S/C47H31N3O/c1-47(2)39-20-9-8-18-33(39)35-26-36-38-25-30(24-37-32-17-6-7-19-34(32)46(51)50(44(37)38)43(36)27-40(35)47)28-13-12-14-29(23-28)45-48-41-21-10-11-22-42(41)49(45)31-15-4-3-5-16-31/h3-27H,1-2H3. The molecule has 1 aliphatic rings. The smallest absolute Gasteiger partial charge is 0.263 e. The molecule has 0 N–H and O–H groups in total. The molecule has 0 unspecified atom stereocenters. The first-order chi connectivity index (χ1) is 25.0. The minimum atomic E-state index is -0.169. The van der Waals surface area contributed by atoms with Crippen LogP contribution < -0.4 is 5.56 Å². The summed E-state index contributed by atoms with van der Waals surface area (Å²) in [4.78, 5) is 19.5. The van der Waals surface area contributed by atoms with Crippen LogP contribution in [-0.2, 0) is 5.41 Å². The predicted octanol–water partition coefficient (Wildman–Crippen LogP) is 11.2. The van der Waals surface area contributed by atoms with Crippen LogP contribution in [0.3, 0.4) is 0 Å². The van der Waals surface area contributed by atoms with Gasteiger partial charge in [-0.2, -0.15) is 0 Å². The Hall–Kier alpha value is -6.52. The molecule has 0 amide bonds. The molecular formula is C47H31N3O. The molecular weight excluding hydrogens is 623 g/mol. The van der Waals surface area contributed by atoms with Gasteiger partial charge in [0.15, 0.2) is 0 Å². The molecule has 11 rings (SSSR count). The zero-order valence-electron chi connectivity index (χ0n) is 28.2. The van der Waals surface area contributed by atoms with Gasteiger partial charge in [0.1, 0.15) is 5.82 Å². The number of imidazole rings is 1. The molecule has 7 aromatic carbocycles. The van der Waals surface area contributed by atoms with Gasteiger partial charge in [0.05, 0.1) is 22.1 Å². The van der Waals surface area contributed by atoms with E-state index in [1.165, 1.54) is 22.3 Å². The number of benzene rings is 7. The molecule has 0 saturated heterocycles. The van der Waals surface area contributed by atoms with Crippen LogP contribution in [0, 0.1) is 0 Å². The Kier molecular flexibility index (Phi) is 5.57. The summed E-state index contributed by atoms with van der Waals surface area (Å²) in [6.07, 6.45) is 0. The van der Waals surface area contributed by atoms with Crippen molar-refractivity contribution in [2.75, 3.05) is 0 Å². The third-order valence-corrected chi connectivity index (χ3v) is 11.2. The lowest BCUT2D eigenvalue weighted by Crippen LogP contribution is -2.16. The molecule has 10 aromatic rings. The Bertz CT molecular complexity index is 3130. The van der Waals surface area contributed by atoms with Gasteiger partial charge in [0.25, 0.3) is 5.56 Å². The van der Waals surface area contributed by atoms with Gasteiger partial charge >= 0.3 is 0 Å². The highest BCUT2D eigenvalue weighted by atomic mass is 16.1. The normalized spacial score (nSPS) is 13.5. The highest BCUT2D eigenvalue weighted by Gasteiger charge is 2.36. The van der Waals surface area contributed by atoms with Crippen LogP contribution >= 0.6 is 0 Å². The first-order valence-corrected chi connectivity index (χ1v) is 17.5. The summed E-state index contributed by atoms with van der Waals surface area (Å²) in [5.41, 5.74) is 13.3. The van der Waals surface area contributed by atoms with Crippen molar-refractivity contribution in [2.45, 2.75) is 19.3 Å². The van der Waals surface area contributed by atoms with E-state index in [1.807, 2.05) is 34.7 Å². The Morgan fingerprint density at radius 3 is 2.08 bits per heavy atom. The Balaban J connectivity index is 1.21. The molecule has 0 radical (unpaired) electrons. The Labute approximate surface area is 293 Å². The van der Waals surface area contributed by atoms with Gasteiger partial charge in [-0.1, -0.05) is 105 Å². The molecule has 0 fully saturated rings. The Morgan fingerprint density at radius 2 is 1.22 bits per heavy atom. The van der Waals surface area contributed by atoms with Gasteiger partial charge in [-0.05, 0) is 99.4 Å². The number of pyridine rings is 1. The molecule has 0 spiro atoms. The summed E-state index contributed by atoms with van der Waals surface area (Å²) in [7, 11) is 0. The SMILES string of the molecule is CC1(C)c2ccccc2-c2cc3c4cc(-c5cccc(-c6nc7ccccc7n6-c6ccccc6)c5)cc5c6ccccc6c(=O)n(c3cc21)c54. The van der Waals surface area contributed by atoms with E-state index in [4.69, 9.17) is 4.98 Å².